The van der Waals surface area contributed by atoms with Crippen LogP contribution in [-0.2, 0) is 0 Å². The molecule has 1 fully saturated rings. The molecule has 0 aromatic carbocycles. The number of H-pyrrole nitrogens is 1. The Morgan fingerprint density at radius 1 is 1.56 bits per heavy atom. The van der Waals surface area contributed by atoms with E-state index in [0.29, 0.717) is 18.0 Å². The molecule has 2 atom stereocenters. The maximum Gasteiger partial charge on any atom is 0.254 e. The third-order valence-electron chi connectivity index (χ3n) is 3.25. The fraction of sp³-hybridized carbons (Fsp3) is 0.636. The van der Waals surface area contributed by atoms with E-state index in [0.717, 1.165) is 12.8 Å². The van der Waals surface area contributed by atoms with E-state index >= 15 is 0 Å². The number of aromatic nitrogens is 2. The van der Waals surface area contributed by atoms with Gasteiger partial charge in [-0.05, 0) is 18.8 Å². The van der Waals surface area contributed by atoms with Crippen molar-refractivity contribution in [1.82, 2.24) is 15.5 Å². The van der Waals surface area contributed by atoms with Crippen LogP contribution in [0.2, 0.25) is 0 Å². The van der Waals surface area contributed by atoms with Crippen LogP contribution in [0.3, 0.4) is 0 Å². The summed E-state index contributed by atoms with van der Waals surface area (Å²) in [5.74, 6) is 0.344. The Morgan fingerprint density at radius 2 is 2.38 bits per heavy atom. The summed E-state index contributed by atoms with van der Waals surface area (Å²) < 4.78 is 0. The summed E-state index contributed by atoms with van der Waals surface area (Å²) >= 11 is 0. The van der Waals surface area contributed by atoms with Gasteiger partial charge in [0.15, 0.2) is 0 Å². The molecule has 16 heavy (non-hydrogen) atoms. The molecule has 0 aliphatic heterocycles. The highest BCUT2D eigenvalue weighted by Crippen LogP contribution is 2.22. The monoisotopic (exact) mass is 222 g/mol. The number of carbonyl (C=O) groups excluding carboxylic acids is 1. The lowest BCUT2D eigenvalue weighted by Gasteiger charge is -2.28. The summed E-state index contributed by atoms with van der Waals surface area (Å²) in [6.07, 6.45) is 7.75. The van der Waals surface area contributed by atoms with Crippen LogP contribution in [-0.4, -0.2) is 28.7 Å². The molecule has 0 spiro atoms. The minimum atomic E-state index is -0.0773. The zero-order valence-corrected chi connectivity index (χ0v) is 9.28. The summed E-state index contributed by atoms with van der Waals surface area (Å²) in [6.45, 7) is 0.672. The van der Waals surface area contributed by atoms with E-state index in [4.69, 9.17) is 5.73 Å². The van der Waals surface area contributed by atoms with Crippen LogP contribution in [0.1, 0.15) is 36.0 Å². The van der Waals surface area contributed by atoms with Gasteiger partial charge in [-0.2, -0.15) is 5.10 Å². The molecule has 2 rings (SSSR count). The minimum Gasteiger partial charge on any atom is -0.352 e. The van der Waals surface area contributed by atoms with Crippen molar-refractivity contribution in [1.29, 1.82) is 0 Å². The van der Waals surface area contributed by atoms with Crippen LogP contribution in [0.15, 0.2) is 12.4 Å². The number of nitrogens with one attached hydrogen (secondary N) is 2. The number of hydrogen-bond donors (Lipinski definition) is 3. The van der Waals surface area contributed by atoms with Crippen molar-refractivity contribution >= 4 is 5.91 Å². The largest absolute Gasteiger partial charge is 0.352 e. The van der Waals surface area contributed by atoms with Crippen molar-refractivity contribution in [2.75, 3.05) is 6.54 Å². The Hall–Kier alpha value is -1.36. The number of amides is 1. The number of carbonyl (C=O) groups is 1. The van der Waals surface area contributed by atoms with Gasteiger partial charge in [0.2, 0.25) is 0 Å². The molecular formula is C11H18N4O. The molecule has 1 aromatic heterocycles. The molecule has 5 heteroatoms. The summed E-state index contributed by atoms with van der Waals surface area (Å²) in [6, 6.07) is 0.235. The first-order valence-electron chi connectivity index (χ1n) is 5.80. The van der Waals surface area contributed by atoms with Gasteiger partial charge in [0.05, 0.1) is 11.8 Å². The van der Waals surface area contributed by atoms with Crippen LogP contribution in [0.5, 0.6) is 0 Å². The maximum absolute atomic E-state index is 11.6. The van der Waals surface area contributed by atoms with Crippen LogP contribution in [0.25, 0.3) is 0 Å². The summed E-state index contributed by atoms with van der Waals surface area (Å²) in [7, 11) is 0. The van der Waals surface area contributed by atoms with Gasteiger partial charge in [-0.3, -0.25) is 9.89 Å². The van der Waals surface area contributed by atoms with Crippen LogP contribution < -0.4 is 11.1 Å². The van der Waals surface area contributed by atoms with Gasteiger partial charge in [0, 0.05) is 18.8 Å². The topological polar surface area (TPSA) is 83.8 Å². The maximum atomic E-state index is 11.6. The first-order chi connectivity index (χ1) is 7.77. The van der Waals surface area contributed by atoms with E-state index < -0.39 is 0 Å². The Kier molecular flexibility index (Phi) is 3.56. The predicted molar refractivity (Wildman–Crippen MR) is 60.9 cm³/mol. The van der Waals surface area contributed by atoms with E-state index in [2.05, 4.69) is 15.5 Å². The average molecular weight is 222 g/mol. The fourth-order valence-electron chi connectivity index (χ4n) is 2.19. The van der Waals surface area contributed by atoms with Gasteiger partial charge in [-0.15, -0.1) is 0 Å². The molecule has 1 amide bonds. The molecule has 1 aliphatic rings. The van der Waals surface area contributed by atoms with Crippen molar-refractivity contribution in [3.05, 3.63) is 18.0 Å². The van der Waals surface area contributed by atoms with Gasteiger partial charge in [0.25, 0.3) is 5.91 Å². The van der Waals surface area contributed by atoms with Crippen molar-refractivity contribution in [3.8, 4) is 0 Å². The molecule has 0 saturated heterocycles. The molecule has 0 bridgehead atoms. The van der Waals surface area contributed by atoms with Crippen molar-refractivity contribution < 1.29 is 4.79 Å². The Balaban J connectivity index is 1.80. The van der Waals surface area contributed by atoms with Crippen LogP contribution in [0.4, 0.5) is 0 Å². The van der Waals surface area contributed by atoms with Gasteiger partial charge < -0.3 is 11.1 Å². The molecular weight excluding hydrogens is 204 g/mol. The molecule has 1 aliphatic carbocycles. The molecule has 5 nitrogen and oxygen atoms in total. The second-order valence-electron chi connectivity index (χ2n) is 4.41. The Morgan fingerprint density at radius 3 is 3.06 bits per heavy atom. The van der Waals surface area contributed by atoms with E-state index in [9.17, 15) is 4.79 Å². The summed E-state index contributed by atoms with van der Waals surface area (Å²) in [4.78, 5) is 11.6. The Bertz CT molecular complexity index is 336. The van der Waals surface area contributed by atoms with Gasteiger partial charge in [-0.25, -0.2) is 0 Å². The number of aromatic amines is 1. The summed E-state index contributed by atoms with van der Waals surface area (Å²) in [5, 5.41) is 9.27. The highest BCUT2D eigenvalue weighted by atomic mass is 16.1. The lowest BCUT2D eigenvalue weighted by atomic mass is 9.85. The molecule has 2 unspecified atom stereocenters. The first-order valence-corrected chi connectivity index (χ1v) is 5.80. The number of hydrogen-bond acceptors (Lipinski definition) is 3. The van der Waals surface area contributed by atoms with Crippen molar-refractivity contribution in [2.24, 2.45) is 11.7 Å². The molecule has 1 heterocycles. The zero-order chi connectivity index (χ0) is 11.4. The lowest BCUT2D eigenvalue weighted by Crippen LogP contribution is -2.41. The van der Waals surface area contributed by atoms with Gasteiger partial charge >= 0.3 is 0 Å². The Labute approximate surface area is 94.8 Å². The standard InChI is InChI=1S/C11H18N4O/c12-10-4-2-1-3-8(10)5-13-11(16)9-6-14-15-7-9/h6-8,10H,1-5,12H2,(H,13,16)(H,14,15). The molecule has 88 valence electrons. The molecule has 0 radical (unpaired) electrons. The molecule has 1 saturated carbocycles. The van der Waals surface area contributed by atoms with Crippen LogP contribution >= 0.6 is 0 Å². The van der Waals surface area contributed by atoms with Crippen molar-refractivity contribution in [2.45, 2.75) is 31.7 Å². The first kappa shape index (κ1) is 11.1. The molecule has 1 aromatic rings. The van der Waals surface area contributed by atoms with E-state index in [-0.39, 0.29) is 11.9 Å². The normalized spacial score (nSPS) is 25.3. The van der Waals surface area contributed by atoms with E-state index in [1.807, 2.05) is 0 Å². The van der Waals surface area contributed by atoms with Gasteiger partial charge in [0.1, 0.15) is 0 Å². The second-order valence-corrected chi connectivity index (χ2v) is 4.41. The predicted octanol–water partition coefficient (Wildman–Crippen LogP) is 0.657. The van der Waals surface area contributed by atoms with E-state index in [1.165, 1.54) is 19.0 Å². The number of rotatable bonds is 3. The molecule has 4 N–H and O–H groups in total. The third kappa shape index (κ3) is 2.61. The highest BCUT2D eigenvalue weighted by molar-refractivity contribution is 5.93. The lowest BCUT2D eigenvalue weighted by molar-refractivity contribution is 0.0941. The minimum absolute atomic E-state index is 0.0773. The van der Waals surface area contributed by atoms with E-state index in [1.54, 1.807) is 6.20 Å². The smallest absolute Gasteiger partial charge is 0.254 e. The zero-order valence-electron chi connectivity index (χ0n) is 9.28. The van der Waals surface area contributed by atoms with Gasteiger partial charge in [-0.1, -0.05) is 12.8 Å². The SMILES string of the molecule is NC1CCCCC1CNC(=O)c1cn[nH]c1. The quantitative estimate of drug-likeness (QED) is 0.702. The number of nitrogens with zero attached hydrogens (tertiary/aromatic N) is 1. The third-order valence-corrected chi connectivity index (χ3v) is 3.25. The van der Waals surface area contributed by atoms with Crippen LogP contribution in [0, 0.1) is 5.92 Å². The number of nitrogens with two attached hydrogens (primary N) is 1. The van der Waals surface area contributed by atoms with Crippen molar-refractivity contribution in [3.63, 3.8) is 0 Å². The fourth-order valence-corrected chi connectivity index (χ4v) is 2.19. The average Bonchev–Trinajstić information content (AvgIpc) is 2.81. The summed E-state index contributed by atoms with van der Waals surface area (Å²) in [5.41, 5.74) is 6.59. The second kappa shape index (κ2) is 5.12. The highest BCUT2D eigenvalue weighted by Gasteiger charge is 2.22.